The van der Waals surface area contributed by atoms with Crippen molar-refractivity contribution in [3.05, 3.63) is 22.3 Å². The minimum Gasteiger partial charge on any atom is -0.477 e. The van der Waals surface area contributed by atoms with Crippen LogP contribution in [0, 0.1) is 0 Å². The molecule has 0 spiro atoms. The van der Waals surface area contributed by atoms with Gasteiger partial charge in [0.05, 0.1) is 6.61 Å². The van der Waals surface area contributed by atoms with Gasteiger partial charge in [0.1, 0.15) is 29.9 Å². The van der Waals surface area contributed by atoms with Crippen LogP contribution in [0.15, 0.2) is 21.8 Å². The van der Waals surface area contributed by atoms with E-state index in [0.29, 0.717) is 11.3 Å². The second-order valence-corrected chi connectivity index (χ2v) is 7.74. The maximum Gasteiger partial charge on any atom is 0.352 e. The number of fused-ring (bicyclic) bond motifs is 1. The molecule has 2 atom stereocenters. The summed E-state index contributed by atoms with van der Waals surface area (Å²) in [4.78, 5) is 46.7. The van der Waals surface area contributed by atoms with Crippen molar-refractivity contribution in [2.24, 2.45) is 5.16 Å². The third-order valence-corrected chi connectivity index (χ3v) is 6.03. The molecule has 0 unspecified atom stereocenters. The summed E-state index contributed by atoms with van der Waals surface area (Å²) in [6.07, 6.45) is 0. The van der Waals surface area contributed by atoms with E-state index in [2.05, 4.69) is 15.5 Å². The molecule has 3 rings (SSSR count). The summed E-state index contributed by atoms with van der Waals surface area (Å²) in [6.45, 7) is 0.109. The number of carboxylic acid groups (broad SMARTS) is 1. The highest BCUT2D eigenvalue weighted by Crippen LogP contribution is 2.40. The number of nitrogens with zero attached hydrogens (tertiary/aromatic N) is 3. The summed E-state index contributed by atoms with van der Waals surface area (Å²) in [5.41, 5.74) is 6.09. The number of aromatic nitrogens is 1. The number of ether oxygens (including phenoxy) is 1. The Balaban J connectivity index is 0.00000300. The molecule has 2 aliphatic rings. The predicted octanol–water partition coefficient (Wildman–Crippen LogP) is -1.36. The van der Waals surface area contributed by atoms with Gasteiger partial charge in [-0.25, -0.2) is 9.78 Å². The van der Waals surface area contributed by atoms with Crippen molar-refractivity contribution in [2.75, 3.05) is 32.3 Å². The lowest BCUT2D eigenvalue weighted by atomic mass is 10.0. The summed E-state index contributed by atoms with van der Waals surface area (Å²) >= 11 is 2.47. The topological polar surface area (TPSA) is 188 Å². The normalized spacial score (nSPS) is 21.1. The number of anilines is 1. The Hall–Kier alpha value is -2.68. The van der Waals surface area contributed by atoms with E-state index in [9.17, 15) is 19.5 Å². The average Bonchev–Trinajstić information content (AvgIpc) is 3.09. The molecule has 29 heavy (non-hydrogen) atoms. The van der Waals surface area contributed by atoms with Gasteiger partial charge in [-0.15, -0.1) is 23.1 Å². The van der Waals surface area contributed by atoms with E-state index in [1.54, 1.807) is 5.38 Å². The quantitative estimate of drug-likeness (QED) is 0.258. The van der Waals surface area contributed by atoms with Crippen LogP contribution in [0.3, 0.4) is 0 Å². The van der Waals surface area contributed by atoms with Gasteiger partial charge < -0.3 is 31.2 Å². The minimum absolute atomic E-state index is 0. The number of carbonyl (C=O) groups excluding carboxylic acids is 2. The first-order valence-electron chi connectivity index (χ1n) is 7.91. The second kappa shape index (κ2) is 9.21. The van der Waals surface area contributed by atoms with Crippen LogP contribution in [-0.4, -0.2) is 82.0 Å². The van der Waals surface area contributed by atoms with Gasteiger partial charge in [-0.05, 0) is 5.57 Å². The fraction of sp³-hybridized carbons (Fsp3) is 0.400. The van der Waals surface area contributed by atoms with E-state index in [1.165, 1.54) is 30.9 Å². The van der Waals surface area contributed by atoms with Gasteiger partial charge in [0.25, 0.3) is 11.8 Å². The van der Waals surface area contributed by atoms with E-state index in [1.807, 2.05) is 0 Å². The van der Waals surface area contributed by atoms with Gasteiger partial charge in [-0.2, -0.15) is 0 Å². The van der Waals surface area contributed by atoms with Crippen LogP contribution >= 0.6 is 23.1 Å². The molecular weight excluding hydrogens is 426 g/mol. The lowest BCUT2D eigenvalue weighted by Crippen LogP contribution is -2.71. The van der Waals surface area contributed by atoms with Crippen LogP contribution in [0.4, 0.5) is 5.13 Å². The number of carbonyl (C=O) groups is 3. The molecule has 2 amide bonds. The zero-order valence-electron chi connectivity index (χ0n) is 15.4. The van der Waals surface area contributed by atoms with Gasteiger partial charge in [-0.1, -0.05) is 5.16 Å². The first-order valence-corrected chi connectivity index (χ1v) is 9.84. The molecule has 14 heteroatoms. The zero-order chi connectivity index (χ0) is 20.4. The zero-order valence-corrected chi connectivity index (χ0v) is 17.0. The number of nitrogen functional groups attached to an aromatic ring is 1. The number of oxime groups is 1. The third kappa shape index (κ3) is 4.19. The van der Waals surface area contributed by atoms with Crippen molar-refractivity contribution >= 4 is 51.7 Å². The number of hydrogen-bond donors (Lipinski definition) is 3. The average molecular weight is 445 g/mol. The fourth-order valence-electron chi connectivity index (χ4n) is 2.87. The number of thiazole rings is 1. The summed E-state index contributed by atoms with van der Waals surface area (Å²) in [7, 11) is 2.73. The molecule has 0 saturated carbocycles. The van der Waals surface area contributed by atoms with Crippen LogP contribution < -0.4 is 11.1 Å². The molecule has 0 radical (unpaired) electrons. The predicted molar refractivity (Wildman–Crippen MR) is 105 cm³/mol. The van der Waals surface area contributed by atoms with E-state index in [4.69, 9.17) is 15.3 Å². The number of nitrogens with one attached hydrogen (secondary N) is 1. The Kier molecular flexibility index (Phi) is 7.18. The minimum atomic E-state index is -1.21. The fourth-order valence-corrected chi connectivity index (χ4v) is 4.75. The molecule has 3 heterocycles. The van der Waals surface area contributed by atoms with Crippen molar-refractivity contribution in [3.63, 3.8) is 0 Å². The molecule has 0 aromatic carbocycles. The number of thioether (sulfide) groups is 1. The maximum atomic E-state index is 12.6. The highest BCUT2D eigenvalue weighted by atomic mass is 32.2. The molecular formula is C15H19N5O7S2. The number of β-lactam (4-membered cyclic amide) rings is 1. The second-order valence-electron chi connectivity index (χ2n) is 5.74. The first kappa shape index (κ1) is 22.6. The van der Waals surface area contributed by atoms with Crippen molar-refractivity contribution in [1.29, 1.82) is 0 Å². The van der Waals surface area contributed by atoms with E-state index >= 15 is 0 Å². The van der Waals surface area contributed by atoms with Gasteiger partial charge in [0, 0.05) is 18.2 Å². The molecule has 1 aromatic rings. The number of hydrogen-bond acceptors (Lipinski definition) is 10. The van der Waals surface area contributed by atoms with Crippen LogP contribution in [0.2, 0.25) is 0 Å². The Morgan fingerprint density at radius 3 is 2.76 bits per heavy atom. The van der Waals surface area contributed by atoms with E-state index in [0.717, 1.165) is 11.3 Å². The number of carboxylic acids is 1. The monoisotopic (exact) mass is 445 g/mol. The van der Waals surface area contributed by atoms with Crippen molar-refractivity contribution < 1.29 is 34.5 Å². The van der Waals surface area contributed by atoms with Crippen LogP contribution in [0.5, 0.6) is 0 Å². The summed E-state index contributed by atoms with van der Waals surface area (Å²) < 4.78 is 5.02. The van der Waals surface area contributed by atoms with E-state index in [-0.39, 0.29) is 34.3 Å². The van der Waals surface area contributed by atoms with Crippen LogP contribution in [0.25, 0.3) is 0 Å². The molecule has 0 aliphatic carbocycles. The number of aliphatic carboxylic acids is 1. The van der Waals surface area contributed by atoms with Crippen molar-refractivity contribution in [1.82, 2.24) is 15.2 Å². The molecule has 0 bridgehead atoms. The molecule has 158 valence electrons. The van der Waals surface area contributed by atoms with Crippen LogP contribution in [-0.2, 0) is 24.0 Å². The Morgan fingerprint density at radius 2 is 2.21 bits per heavy atom. The lowest BCUT2D eigenvalue weighted by Gasteiger charge is -2.49. The number of nitrogens with two attached hydrogens (primary N) is 1. The molecule has 6 N–H and O–H groups in total. The maximum absolute atomic E-state index is 12.6. The SMILES string of the molecule is COCC1=C(C(=O)O)N2C(=O)[C@@H](NC(=O)C(=NOC)c3csc(N)n3)[C@H]2SC1.O. The molecule has 12 nitrogen and oxygen atoms in total. The molecule has 1 saturated heterocycles. The lowest BCUT2D eigenvalue weighted by molar-refractivity contribution is -0.150. The highest BCUT2D eigenvalue weighted by Gasteiger charge is 2.54. The largest absolute Gasteiger partial charge is 0.477 e. The van der Waals surface area contributed by atoms with Gasteiger partial charge in [0.2, 0.25) is 0 Å². The Labute approximate surface area is 173 Å². The number of amides is 2. The van der Waals surface area contributed by atoms with Gasteiger partial charge in [0.15, 0.2) is 10.8 Å². The summed E-state index contributed by atoms with van der Waals surface area (Å²) in [6, 6.07) is -0.894. The van der Waals surface area contributed by atoms with Gasteiger partial charge >= 0.3 is 5.97 Å². The number of rotatable bonds is 7. The molecule has 1 aromatic heterocycles. The smallest absolute Gasteiger partial charge is 0.352 e. The molecule has 1 fully saturated rings. The Morgan fingerprint density at radius 1 is 1.48 bits per heavy atom. The Bertz CT molecular complexity index is 884. The third-order valence-electron chi connectivity index (χ3n) is 4.02. The first-order chi connectivity index (χ1) is 13.4. The van der Waals surface area contributed by atoms with Crippen molar-refractivity contribution in [3.8, 4) is 0 Å². The standard InChI is InChI=1S/C15H17N5O6S2.H2O/c1-25-3-6-4-27-13-9(12(22)20(13)10(6)14(23)24)18-11(21)8(19-26-2)7-5-28-15(16)17-7;/h5,9,13H,3-4H2,1-2H3,(H2,16,17)(H,18,21)(H,23,24);1H2/t9-,13-;/m1./s1. The van der Waals surface area contributed by atoms with Crippen molar-refractivity contribution in [2.45, 2.75) is 11.4 Å². The number of methoxy groups -OCH3 is 1. The van der Waals surface area contributed by atoms with Gasteiger partial charge in [-0.3, -0.25) is 14.5 Å². The van der Waals surface area contributed by atoms with E-state index < -0.39 is 29.2 Å². The highest BCUT2D eigenvalue weighted by molar-refractivity contribution is 8.00. The molecule has 2 aliphatic heterocycles. The van der Waals surface area contributed by atoms with Crippen LogP contribution in [0.1, 0.15) is 5.69 Å². The summed E-state index contributed by atoms with van der Waals surface area (Å²) in [5, 5.41) is 17.0. The summed E-state index contributed by atoms with van der Waals surface area (Å²) in [5.74, 6) is -2.03.